The van der Waals surface area contributed by atoms with Crippen molar-refractivity contribution in [3.63, 3.8) is 0 Å². The Kier molecular flexibility index (Phi) is 5.55. The third kappa shape index (κ3) is 3.47. The first-order valence-electron chi connectivity index (χ1n) is 8.91. The van der Waals surface area contributed by atoms with Crippen LogP contribution in [0.4, 0.5) is 0 Å². The SMILES string of the molecule is CC1(C)CC[C@@H]2OC/C(=C\I)[C@]2(C)[C@H]1CO[Si](C)(C)C(C)(C)C. The van der Waals surface area contributed by atoms with Crippen molar-refractivity contribution >= 4 is 30.9 Å². The third-order valence-corrected chi connectivity index (χ3v) is 12.3. The molecule has 1 heterocycles. The van der Waals surface area contributed by atoms with Crippen molar-refractivity contribution < 1.29 is 9.16 Å². The maximum atomic E-state index is 6.69. The molecule has 1 aliphatic heterocycles. The van der Waals surface area contributed by atoms with Crippen molar-refractivity contribution in [3.8, 4) is 0 Å². The zero-order valence-corrected chi connectivity index (χ0v) is 19.4. The monoisotopic (exact) mass is 450 g/mol. The molecule has 2 rings (SSSR count). The first-order chi connectivity index (χ1) is 10.4. The first-order valence-corrected chi connectivity index (χ1v) is 13.1. The second-order valence-electron chi connectivity index (χ2n) is 9.87. The average Bonchev–Trinajstić information content (AvgIpc) is 2.72. The highest BCUT2D eigenvalue weighted by Crippen LogP contribution is 2.59. The number of rotatable bonds is 3. The van der Waals surface area contributed by atoms with Gasteiger partial charge in [0.15, 0.2) is 8.32 Å². The average molecular weight is 450 g/mol. The molecule has 4 heteroatoms. The van der Waals surface area contributed by atoms with Gasteiger partial charge in [0.05, 0.1) is 12.7 Å². The van der Waals surface area contributed by atoms with Gasteiger partial charge < -0.3 is 9.16 Å². The van der Waals surface area contributed by atoms with Gasteiger partial charge in [0.1, 0.15) is 0 Å². The van der Waals surface area contributed by atoms with Crippen LogP contribution in [0, 0.1) is 16.7 Å². The van der Waals surface area contributed by atoms with Crippen molar-refractivity contribution in [1.29, 1.82) is 0 Å². The number of hydrogen-bond acceptors (Lipinski definition) is 2. The lowest BCUT2D eigenvalue weighted by molar-refractivity contribution is -0.0774. The highest BCUT2D eigenvalue weighted by atomic mass is 127. The van der Waals surface area contributed by atoms with Gasteiger partial charge in [0.2, 0.25) is 0 Å². The summed E-state index contributed by atoms with van der Waals surface area (Å²) in [4.78, 5) is 0. The van der Waals surface area contributed by atoms with E-state index in [1.807, 2.05) is 0 Å². The smallest absolute Gasteiger partial charge is 0.191 e. The van der Waals surface area contributed by atoms with Gasteiger partial charge in [0, 0.05) is 12.0 Å². The van der Waals surface area contributed by atoms with Gasteiger partial charge in [-0.05, 0) is 52.0 Å². The van der Waals surface area contributed by atoms with Crippen molar-refractivity contribution in [3.05, 3.63) is 9.66 Å². The molecule has 0 bridgehead atoms. The predicted molar refractivity (Wildman–Crippen MR) is 110 cm³/mol. The summed E-state index contributed by atoms with van der Waals surface area (Å²) in [6.45, 7) is 20.7. The Morgan fingerprint density at radius 2 is 1.91 bits per heavy atom. The molecule has 1 saturated carbocycles. The lowest BCUT2D eigenvalue weighted by atomic mass is 9.54. The Morgan fingerprint density at radius 1 is 1.30 bits per heavy atom. The van der Waals surface area contributed by atoms with Crippen molar-refractivity contribution in [2.45, 2.75) is 78.6 Å². The van der Waals surface area contributed by atoms with E-state index >= 15 is 0 Å². The van der Waals surface area contributed by atoms with Gasteiger partial charge in [-0.25, -0.2) is 0 Å². The van der Waals surface area contributed by atoms with Crippen molar-refractivity contribution in [1.82, 2.24) is 0 Å². The molecule has 0 spiro atoms. The summed E-state index contributed by atoms with van der Waals surface area (Å²) in [7, 11) is -1.72. The maximum absolute atomic E-state index is 6.69. The first kappa shape index (κ1) is 19.9. The fourth-order valence-corrected chi connectivity index (χ4v) is 5.97. The molecule has 0 N–H and O–H groups in total. The van der Waals surface area contributed by atoms with Crippen LogP contribution in [0.1, 0.15) is 54.4 Å². The van der Waals surface area contributed by atoms with Gasteiger partial charge in [-0.2, -0.15) is 0 Å². The van der Waals surface area contributed by atoms with Crippen LogP contribution in [0.25, 0.3) is 0 Å². The normalized spacial score (nSPS) is 36.3. The third-order valence-electron chi connectivity index (χ3n) is 7.07. The minimum absolute atomic E-state index is 0.130. The molecule has 3 atom stereocenters. The van der Waals surface area contributed by atoms with E-state index in [0.29, 0.717) is 17.4 Å². The van der Waals surface area contributed by atoms with Crippen LogP contribution >= 0.6 is 22.6 Å². The topological polar surface area (TPSA) is 18.5 Å². The second-order valence-corrected chi connectivity index (χ2v) is 15.3. The molecule has 1 aliphatic carbocycles. The van der Waals surface area contributed by atoms with E-state index in [-0.39, 0.29) is 10.5 Å². The summed E-state index contributed by atoms with van der Waals surface area (Å²) in [5.74, 6) is 0.520. The Bertz CT molecular complexity index is 478. The molecular formula is C19H35IO2Si. The summed E-state index contributed by atoms with van der Waals surface area (Å²) in [6, 6.07) is 0. The summed E-state index contributed by atoms with van der Waals surface area (Å²) in [6.07, 6.45) is 2.77. The number of halogens is 1. The van der Waals surface area contributed by atoms with Crippen LogP contribution in [0.5, 0.6) is 0 Å². The maximum Gasteiger partial charge on any atom is 0.191 e. The van der Waals surface area contributed by atoms with Gasteiger partial charge >= 0.3 is 0 Å². The standard InChI is InChI=1S/C19H35IO2Si/c1-17(2,3)23(7,8)22-13-15-18(4,5)10-9-16-19(15,6)14(11-20)12-21-16/h11,15-16H,9-10,12-13H2,1-8H3/b14-11+/t15-,16-,19+/m0/s1. The van der Waals surface area contributed by atoms with E-state index in [2.05, 4.69) is 81.3 Å². The Morgan fingerprint density at radius 3 is 2.43 bits per heavy atom. The zero-order chi connectivity index (χ0) is 17.7. The Labute approximate surface area is 158 Å². The molecule has 134 valence electrons. The predicted octanol–water partition coefficient (Wildman–Crippen LogP) is 6.17. The minimum atomic E-state index is -1.72. The van der Waals surface area contributed by atoms with Crippen LogP contribution in [-0.4, -0.2) is 27.6 Å². The fraction of sp³-hybridized carbons (Fsp3) is 0.895. The number of ether oxygens (including phenoxy) is 1. The van der Waals surface area contributed by atoms with Crippen LogP contribution in [0.15, 0.2) is 9.66 Å². The van der Waals surface area contributed by atoms with Crippen LogP contribution < -0.4 is 0 Å². The molecule has 0 aromatic heterocycles. The van der Waals surface area contributed by atoms with Crippen molar-refractivity contribution in [2.75, 3.05) is 13.2 Å². The summed E-state index contributed by atoms with van der Waals surface area (Å²) in [5, 5.41) is 0.264. The molecule has 0 aromatic carbocycles. The molecule has 0 unspecified atom stereocenters. The van der Waals surface area contributed by atoms with E-state index in [1.54, 1.807) is 0 Å². The molecule has 2 fully saturated rings. The highest BCUT2D eigenvalue weighted by molar-refractivity contribution is 14.1. The van der Waals surface area contributed by atoms with Crippen LogP contribution in [-0.2, 0) is 9.16 Å². The molecule has 2 aliphatic rings. The van der Waals surface area contributed by atoms with Crippen LogP contribution in [0.3, 0.4) is 0 Å². The molecule has 0 radical (unpaired) electrons. The molecular weight excluding hydrogens is 415 g/mol. The number of fused-ring (bicyclic) bond motifs is 1. The Balaban J connectivity index is 2.29. The fourth-order valence-electron chi connectivity index (χ4n) is 4.10. The summed E-state index contributed by atoms with van der Waals surface area (Å²) < 4.78 is 15.1. The molecule has 0 aromatic rings. The lowest BCUT2D eigenvalue weighted by Crippen LogP contribution is -2.53. The second kappa shape index (κ2) is 6.40. The van der Waals surface area contributed by atoms with E-state index in [4.69, 9.17) is 9.16 Å². The van der Waals surface area contributed by atoms with Gasteiger partial charge in [-0.1, -0.05) is 64.1 Å². The van der Waals surface area contributed by atoms with E-state index < -0.39 is 8.32 Å². The zero-order valence-electron chi connectivity index (χ0n) is 16.3. The molecule has 2 nitrogen and oxygen atoms in total. The van der Waals surface area contributed by atoms with E-state index in [0.717, 1.165) is 13.2 Å². The van der Waals surface area contributed by atoms with Gasteiger partial charge in [-0.3, -0.25) is 0 Å². The van der Waals surface area contributed by atoms with E-state index in [1.165, 1.54) is 18.4 Å². The largest absolute Gasteiger partial charge is 0.416 e. The summed E-state index contributed by atoms with van der Waals surface area (Å²) >= 11 is 2.39. The van der Waals surface area contributed by atoms with Gasteiger partial charge in [-0.15, -0.1) is 0 Å². The molecule has 0 amide bonds. The summed E-state index contributed by atoms with van der Waals surface area (Å²) in [5.41, 5.74) is 1.90. The molecule has 23 heavy (non-hydrogen) atoms. The number of hydrogen-bond donors (Lipinski definition) is 0. The highest BCUT2D eigenvalue weighted by Gasteiger charge is 2.57. The minimum Gasteiger partial charge on any atom is -0.416 e. The molecule has 1 saturated heterocycles. The van der Waals surface area contributed by atoms with E-state index in [9.17, 15) is 0 Å². The van der Waals surface area contributed by atoms with Crippen LogP contribution in [0.2, 0.25) is 18.1 Å². The van der Waals surface area contributed by atoms with Crippen molar-refractivity contribution in [2.24, 2.45) is 16.7 Å². The lowest BCUT2D eigenvalue weighted by Gasteiger charge is -2.53. The Hall–Kier alpha value is 0.607. The van der Waals surface area contributed by atoms with Gasteiger partial charge in [0.25, 0.3) is 0 Å². The quantitative estimate of drug-likeness (QED) is 0.378.